The van der Waals surface area contributed by atoms with Crippen LogP contribution in [0, 0.1) is 50.4 Å². The van der Waals surface area contributed by atoms with E-state index in [9.17, 15) is 13.2 Å². The first kappa shape index (κ1) is 121. The molecule has 3 unspecified atom stereocenters. The number of piperidine rings is 1. The second kappa shape index (κ2) is 51.4. The predicted octanol–water partition coefficient (Wildman–Crippen LogP) is 33.9. The molecule has 2 saturated heterocycles. The lowest BCUT2D eigenvalue weighted by Gasteiger charge is -2.42. The number of fused-ring (bicyclic) bond motifs is 4. The Morgan fingerprint density at radius 3 is 1.31 bits per heavy atom. The molecule has 0 bridgehead atoms. The molecule has 5 aliphatic carbocycles. The molecule has 17 heteroatoms. The summed E-state index contributed by atoms with van der Waals surface area (Å²) in [6.07, 6.45) is 29.3. The van der Waals surface area contributed by atoms with Crippen LogP contribution in [0.25, 0.3) is 0 Å². The number of allylic oxidation sites excluding steroid dienone is 2. The van der Waals surface area contributed by atoms with Crippen LogP contribution in [-0.2, 0) is 92.5 Å². The van der Waals surface area contributed by atoms with Crippen molar-refractivity contribution in [1.82, 2.24) is 0 Å². The average molecular weight is 2000 g/mol. The molecule has 0 amide bonds. The number of benzene rings is 6. The Hall–Kier alpha value is -6.77. The van der Waals surface area contributed by atoms with Crippen LogP contribution in [0.2, 0.25) is 0 Å². The fourth-order valence-corrected chi connectivity index (χ4v) is 21.1. The molecule has 10 aliphatic rings. The summed E-state index contributed by atoms with van der Waals surface area (Å²) in [6, 6.07) is 36.5. The first-order valence-electron chi connectivity index (χ1n) is 55.1. The number of para-hydroxylation sites is 4. The predicted molar refractivity (Wildman–Crippen MR) is 592 cm³/mol. The van der Waals surface area contributed by atoms with E-state index in [0.717, 1.165) is 87.8 Å². The summed E-state index contributed by atoms with van der Waals surface area (Å²) >= 11 is 0. The van der Waals surface area contributed by atoms with Gasteiger partial charge in [0.1, 0.15) is 17.2 Å². The third-order valence-corrected chi connectivity index (χ3v) is 28.7. The van der Waals surface area contributed by atoms with E-state index in [1.54, 1.807) is 17.2 Å². The number of hydrogen-bond acceptors (Lipinski definition) is 14. The number of nitrogens with zero attached hydrogens (tertiary/aromatic N) is 2. The van der Waals surface area contributed by atoms with E-state index in [-0.39, 0.29) is 63.1 Å². The van der Waals surface area contributed by atoms with Crippen molar-refractivity contribution >= 4 is 11.4 Å². The number of anilines is 2. The molecular weight excluding hydrogens is 1800 g/mol. The van der Waals surface area contributed by atoms with Gasteiger partial charge in [0.15, 0.2) is 0 Å². The molecule has 0 radical (unpaired) electrons. The zero-order valence-electron chi connectivity index (χ0n) is 96.7. The Bertz CT molecular complexity index is 4980. The molecule has 5 aliphatic heterocycles. The molecule has 144 heavy (non-hydrogen) atoms. The Morgan fingerprint density at radius 1 is 0.382 bits per heavy atom. The van der Waals surface area contributed by atoms with Crippen molar-refractivity contribution in [2.24, 2.45) is 22.7 Å². The zero-order chi connectivity index (χ0) is 107. The highest BCUT2D eigenvalue weighted by atomic mass is 19.4. The van der Waals surface area contributed by atoms with Crippen molar-refractivity contribution in [2.45, 2.75) is 477 Å². The van der Waals surface area contributed by atoms with Gasteiger partial charge in [-0.25, -0.2) is 0 Å². The largest absolute Gasteiger partial charge is 0.493 e. The minimum Gasteiger partial charge on any atom is -0.493 e. The summed E-state index contributed by atoms with van der Waals surface area (Å²) in [4.78, 5) is 5.09. The lowest BCUT2D eigenvalue weighted by Crippen LogP contribution is -2.39. The Labute approximate surface area is 873 Å². The van der Waals surface area contributed by atoms with E-state index in [2.05, 4.69) is 302 Å². The SMILES string of the molecule is CC(C)(C)OC1CCOc2c1cccc2C(F)(F)F.CC(C)(C)OCC1=CC2(CCCC2)CCC1.CC(C)(C)OCC1=CC2(CCCCC2)CCC1.CC(C)(C)OCc1ccc2c(c1)C(C)(C)CCC2(C)C.CC(C)(C)OCc1cccc2c1COC(C)(C)O2.CC(C)(C)OCc1cccc2c1OCC2.Cc1cccc(C)c1N1CCC(COC(C)(C)C)C1.Cc1cccc(C)c1N1CCCC(COC(C)(C)C)C1. The third-order valence-electron chi connectivity index (χ3n) is 28.7. The standard InChI is InChI=1S/C19H30O.C18H29NO.C17H27NO.C16H28O.C15H22O3.C15H26O.C14H17F3O2.C13H18O2/c1-17(2,3)20-13-14-8-9-15-16(12-14)19(6,7)11-10-18(15,4)5;1-14-8-6-9-15(2)17(14)19-11-7-10-16(12-19)13-20-18(3,4)5;1-13-7-6-8-14(2)16(13)18-10-9-15(11-18)12-19-17(3,4)5;1-15(2,3)17-13-14-8-7-11-16(12-14)9-5-4-6-10-16;1-14(2,3)16-9-11-7-6-8-13-12(11)10-17-15(4,5)18-13;1-14(2,3)16-12-13-7-6-10-15(11-13)8-4-5-9-15;1-13(2,3)19-11-7-8-18-12-9(11)5-4-6-10(12)14(15,16)17;1-13(2,3)15-9-11-6-4-5-10-7-8-14-12(10)11/h8-9,12H,10-11,13H2,1-7H3;6,8-9,16H,7,10-13H2,1-5H3;6-8,15H,9-12H2,1-5H3;12H,4-11,13H2,1-3H3;6-8H,9-10H2,1-5H3;11H,4-10,12H2,1-3H3;4-6,11H,7-8H2,1-3H3;4-6H,7-9H2,1-3H3. The van der Waals surface area contributed by atoms with E-state index in [1.165, 1.54) is 202 Å². The van der Waals surface area contributed by atoms with Crippen LogP contribution in [-0.4, -0.2) is 116 Å². The topological polar surface area (TPSA) is 117 Å². The third kappa shape index (κ3) is 40.5. The number of halogens is 3. The molecule has 2 saturated carbocycles. The average Bonchev–Trinajstić information content (AvgIpc) is 0.901. The van der Waals surface area contributed by atoms with E-state index in [0.29, 0.717) is 66.5 Å². The van der Waals surface area contributed by atoms with Gasteiger partial charge in [-0.05, 0) is 391 Å². The molecule has 2 spiro atoms. The highest BCUT2D eigenvalue weighted by Gasteiger charge is 2.42. The minimum atomic E-state index is -4.41. The maximum absolute atomic E-state index is 12.9. The van der Waals surface area contributed by atoms with Gasteiger partial charge in [-0.2, -0.15) is 13.2 Å². The van der Waals surface area contributed by atoms with Gasteiger partial charge in [0, 0.05) is 86.9 Å². The lowest BCUT2D eigenvalue weighted by molar-refractivity contribution is -0.180. The van der Waals surface area contributed by atoms with Gasteiger partial charge >= 0.3 is 6.18 Å². The number of hydrogen-bond donors (Lipinski definition) is 0. The number of ether oxygens (including phenoxy) is 12. The fourth-order valence-electron chi connectivity index (χ4n) is 21.1. The summed E-state index contributed by atoms with van der Waals surface area (Å²) in [5.74, 6) is 2.63. The number of aryl methyl sites for hydroxylation is 4. The first-order valence-corrected chi connectivity index (χ1v) is 55.1. The molecular formula is C127H197F3N2O12. The molecule has 6 aromatic carbocycles. The van der Waals surface area contributed by atoms with E-state index >= 15 is 0 Å². The molecule has 0 N–H and O–H groups in total. The van der Waals surface area contributed by atoms with Crippen LogP contribution in [0.3, 0.4) is 0 Å². The quantitative estimate of drug-likeness (QED) is 0.0806. The summed E-state index contributed by atoms with van der Waals surface area (Å²) in [7, 11) is 0. The Morgan fingerprint density at radius 2 is 0.812 bits per heavy atom. The van der Waals surface area contributed by atoms with Crippen molar-refractivity contribution in [2.75, 3.05) is 75.6 Å². The number of rotatable bonds is 17. The van der Waals surface area contributed by atoms with Crippen LogP contribution < -0.4 is 24.0 Å². The summed E-state index contributed by atoms with van der Waals surface area (Å²) in [5, 5.41) is 0. The van der Waals surface area contributed by atoms with Gasteiger partial charge in [0.25, 0.3) is 0 Å². The van der Waals surface area contributed by atoms with Gasteiger partial charge in [0.2, 0.25) is 5.79 Å². The van der Waals surface area contributed by atoms with Crippen LogP contribution in [0.1, 0.15) is 421 Å². The van der Waals surface area contributed by atoms with Crippen molar-refractivity contribution in [1.29, 1.82) is 0 Å². The van der Waals surface area contributed by atoms with E-state index in [1.807, 2.05) is 46.8 Å². The van der Waals surface area contributed by atoms with Crippen molar-refractivity contribution in [3.8, 4) is 17.2 Å². The van der Waals surface area contributed by atoms with Gasteiger partial charge in [-0.3, -0.25) is 0 Å². The Kier molecular flexibility index (Phi) is 43.1. The van der Waals surface area contributed by atoms with Crippen molar-refractivity contribution in [3.63, 3.8) is 0 Å². The smallest absolute Gasteiger partial charge is 0.419 e. The fraction of sp³-hybridized carbons (Fsp3) is 0.685. The molecule has 16 rings (SSSR count). The molecule has 808 valence electrons. The molecule has 3 atom stereocenters. The number of alkyl halides is 3. The van der Waals surface area contributed by atoms with Gasteiger partial charge in [-0.1, -0.05) is 169 Å². The molecule has 6 aromatic rings. The molecule has 4 fully saturated rings. The van der Waals surface area contributed by atoms with Gasteiger partial charge in [-0.15, -0.1) is 0 Å². The maximum Gasteiger partial charge on any atom is 0.419 e. The summed E-state index contributed by atoms with van der Waals surface area (Å²) in [6.45, 7) is 83.8. The lowest BCUT2D eigenvalue weighted by atomic mass is 9.63. The minimum absolute atomic E-state index is 0.00112. The monoisotopic (exact) mass is 2000 g/mol. The van der Waals surface area contributed by atoms with Crippen molar-refractivity contribution < 1.29 is 70.0 Å². The maximum atomic E-state index is 12.9. The van der Waals surface area contributed by atoms with Crippen LogP contribution in [0.5, 0.6) is 17.2 Å². The normalized spacial score (nSPS) is 20.4. The molecule has 0 aromatic heterocycles. The zero-order valence-corrected chi connectivity index (χ0v) is 96.7. The summed E-state index contributed by atoms with van der Waals surface area (Å²) in [5.41, 5.74) is 21.3. The highest BCUT2D eigenvalue weighted by molar-refractivity contribution is 5.61. The van der Waals surface area contributed by atoms with Crippen LogP contribution in [0.4, 0.5) is 24.5 Å². The van der Waals surface area contributed by atoms with Crippen LogP contribution >= 0.6 is 0 Å². The van der Waals surface area contributed by atoms with Gasteiger partial charge in [0.05, 0.1) is 123 Å². The van der Waals surface area contributed by atoms with Crippen molar-refractivity contribution in [3.05, 3.63) is 205 Å². The van der Waals surface area contributed by atoms with Crippen LogP contribution in [0.15, 0.2) is 132 Å². The van der Waals surface area contributed by atoms with E-state index < -0.39 is 23.1 Å². The van der Waals surface area contributed by atoms with E-state index in [4.69, 9.17) is 56.8 Å². The highest BCUT2D eigenvalue weighted by Crippen LogP contribution is 2.51. The molecule has 14 nitrogen and oxygen atoms in total. The Balaban J connectivity index is 0.000000184. The van der Waals surface area contributed by atoms with Gasteiger partial charge < -0.3 is 66.6 Å². The second-order valence-electron chi connectivity index (χ2n) is 52.6. The molecule has 5 heterocycles. The second-order valence-corrected chi connectivity index (χ2v) is 52.6. The summed E-state index contributed by atoms with van der Waals surface area (Å²) < 4.78 is 108. The first-order chi connectivity index (χ1) is 66.7.